The molecule has 1 saturated heterocycles. The Morgan fingerprint density at radius 1 is 0.818 bits per heavy atom. The lowest BCUT2D eigenvalue weighted by atomic mass is 9.93. The molecule has 1 unspecified atom stereocenters. The van der Waals surface area contributed by atoms with Crippen molar-refractivity contribution < 1.29 is 19.2 Å². The zero-order chi connectivity index (χ0) is 15.6. The molecule has 2 aliphatic rings. The molecule has 0 radical (unpaired) electrons. The first kappa shape index (κ1) is 17.0. The first-order valence-corrected chi connectivity index (χ1v) is 8.70. The quantitative estimate of drug-likeness (QED) is 0.505. The predicted molar refractivity (Wildman–Crippen MR) is 83.4 cm³/mol. The number of rotatable bonds is 0. The molecule has 0 aromatic rings. The van der Waals surface area contributed by atoms with Crippen molar-refractivity contribution in [2.45, 2.75) is 77.0 Å². The van der Waals surface area contributed by atoms with Gasteiger partial charge in [0.25, 0.3) is 0 Å². The van der Waals surface area contributed by atoms with E-state index in [-0.39, 0.29) is 17.9 Å². The van der Waals surface area contributed by atoms with E-state index >= 15 is 0 Å². The summed E-state index contributed by atoms with van der Waals surface area (Å²) in [6.07, 6.45) is 11.9. The van der Waals surface area contributed by atoms with Gasteiger partial charge in [-0.15, -0.1) is 0 Å². The fourth-order valence-corrected chi connectivity index (χ4v) is 3.06. The van der Waals surface area contributed by atoms with Crippen LogP contribution in [-0.2, 0) is 19.2 Å². The summed E-state index contributed by atoms with van der Waals surface area (Å²) in [4.78, 5) is 28.1. The van der Waals surface area contributed by atoms with Gasteiger partial charge in [-0.05, 0) is 25.7 Å². The summed E-state index contributed by atoms with van der Waals surface area (Å²) < 4.78 is 5.22. The Balaban J connectivity index is 1.81. The molecule has 0 aliphatic carbocycles. The van der Waals surface area contributed by atoms with Crippen molar-refractivity contribution in [3.8, 4) is 0 Å². The standard InChI is InChI=1S/C17H27NO4/c19-16-12-8-6-4-2-1-3-5-7-10-14-15(11-9-13-21-16)18-22-17(14)20/h14H,1-13H2. The maximum Gasteiger partial charge on any atom is 0.343 e. The second-order valence-electron chi connectivity index (χ2n) is 6.24. The zero-order valence-corrected chi connectivity index (χ0v) is 13.3. The Kier molecular flexibility index (Phi) is 7.40. The molecular formula is C17H27NO4. The smallest absolute Gasteiger partial charge is 0.343 e. The number of hydrogen-bond acceptors (Lipinski definition) is 5. The number of cyclic esters (lactones) is 1. The van der Waals surface area contributed by atoms with E-state index in [4.69, 9.17) is 9.57 Å². The molecule has 5 heteroatoms. The highest BCUT2D eigenvalue weighted by molar-refractivity contribution is 6.04. The van der Waals surface area contributed by atoms with Crippen LogP contribution in [-0.4, -0.2) is 24.3 Å². The molecule has 0 spiro atoms. The number of oxime groups is 1. The minimum absolute atomic E-state index is 0.110. The molecular weight excluding hydrogens is 282 g/mol. The average molecular weight is 309 g/mol. The fraction of sp³-hybridized carbons (Fsp3) is 0.824. The molecule has 2 heterocycles. The molecule has 124 valence electrons. The molecule has 22 heavy (non-hydrogen) atoms. The second-order valence-corrected chi connectivity index (χ2v) is 6.24. The van der Waals surface area contributed by atoms with Crippen molar-refractivity contribution in [3.63, 3.8) is 0 Å². The highest BCUT2D eigenvalue weighted by atomic mass is 16.7. The van der Waals surface area contributed by atoms with E-state index < -0.39 is 0 Å². The number of carbonyl (C=O) groups excluding carboxylic acids is 2. The Bertz CT molecular complexity index is 405. The van der Waals surface area contributed by atoms with Crippen LogP contribution >= 0.6 is 0 Å². The van der Waals surface area contributed by atoms with E-state index in [1.807, 2.05) is 0 Å². The molecule has 5 nitrogen and oxygen atoms in total. The Morgan fingerprint density at radius 2 is 1.50 bits per heavy atom. The van der Waals surface area contributed by atoms with E-state index in [0.29, 0.717) is 25.9 Å². The molecule has 0 N–H and O–H groups in total. The van der Waals surface area contributed by atoms with Crippen LogP contribution in [0.2, 0.25) is 0 Å². The number of hydrogen-bond donors (Lipinski definition) is 0. The molecule has 1 fully saturated rings. The number of nitrogens with zero attached hydrogens (tertiary/aromatic N) is 1. The number of esters is 1. The van der Waals surface area contributed by atoms with Gasteiger partial charge in [-0.25, -0.2) is 4.79 Å². The Labute approximate surface area is 132 Å². The van der Waals surface area contributed by atoms with Gasteiger partial charge in [-0.2, -0.15) is 0 Å². The number of carbonyl (C=O) groups is 2. The molecule has 1 atom stereocenters. The lowest BCUT2D eigenvalue weighted by Gasteiger charge is -2.09. The first-order valence-electron chi connectivity index (χ1n) is 8.70. The third kappa shape index (κ3) is 5.78. The van der Waals surface area contributed by atoms with Crippen molar-refractivity contribution in [3.05, 3.63) is 0 Å². The van der Waals surface area contributed by atoms with Crippen LogP contribution in [0.4, 0.5) is 0 Å². The van der Waals surface area contributed by atoms with Gasteiger partial charge in [-0.1, -0.05) is 50.1 Å². The zero-order valence-electron chi connectivity index (χ0n) is 13.3. The fourth-order valence-electron chi connectivity index (χ4n) is 3.06. The summed E-state index contributed by atoms with van der Waals surface area (Å²) in [6, 6.07) is 0. The normalized spacial score (nSPS) is 26.4. The van der Waals surface area contributed by atoms with E-state index in [9.17, 15) is 9.59 Å². The van der Waals surface area contributed by atoms with Crippen LogP contribution in [0.25, 0.3) is 0 Å². The topological polar surface area (TPSA) is 65.0 Å². The summed E-state index contributed by atoms with van der Waals surface area (Å²) in [5, 5.41) is 3.90. The molecule has 0 aromatic heterocycles. The summed E-state index contributed by atoms with van der Waals surface area (Å²) in [6.45, 7) is 0.402. The largest absolute Gasteiger partial charge is 0.466 e. The Hall–Kier alpha value is -1.39. The van der Waals surface area contributed by atoms with Crippen LogP contribution in [0, 0.1) is 5.92 Å². The highest BCUT2D eigenvalue weighted by Gasteiger charge is 2.31. The molecule has 0 bridgehead atoms. The van der Waals surface area contributed by atoms with E-state index in [1.54, 1.807) is 0 Å². The van der Waals surface area contributed by atoms with Crippen LogP contribution in [0.3, 0.4) is 0 Å². The van der Waals surface area contributed by atoms with Crippen LogP contribution in [0.5, 0.6) is 0 Å². The number of fused-ring (bicyclic) bond motifs is 1. The molecule has 0 aromatic carbocycles. The third-order valence-corrected chi connectivity index (χ3v) is 4.40. The van der Waals surface area contributed by atoms with Crippen LogP contribution < -0.4 is 0 Å². The molecule has 2 rings (SSSR count). The molecule has 0 saturated carbocycles. The molecule has 2 aliphatic heterocycles. The van der Waals surface area contributed by atoms with Crippen molar-refractivity contribution in [1.29, 1.82) is 0 Å². The maximum absolute atomic E-state index is 11.7. The van der Waals surface area contributed by atoms with E-state index in [0.717, 1.165) is 31.4 Å². The first-order chi connectivity index (χ1) is 10.8. The predicted octanol–water partition coefficient (Wildman–Crippen LogP) is 3.75. The summed E-state index contributed by atoms with van der Waals surface area (Å²) in [5.41, 5.74) is 0.824. The second kappa shape index (κ2) is 9.59. The third-order valence-electron chi connectivity index (χ3n) is 4.40. The van der Waals surface area contributed by atoms with Gasteiger partial charge >= 0.3 is 11.9 Å². The van der Waals surface area contributed by atoms with Crippen molar-refractivity contribution >= 4 is 17.7 Å². The van der Waals surface area contributed by atoms with Crippen molar-refractivity contribution in [2.75, 3.05) is 6.61 Å². The van der Waals surface area contributed by atoms with Crippen LogP contribution in [0.15, 0.2) is 5.16 Å². The van der Waals surface area contributed by atoms with Gasteiger partial charge in [0.2, 0.25) is 0 Å². The lowest BCUT2D eigenvalue weighted by Crippen LogP contribution is -2.19. The number of ether oxygens (including phenoxy) is 1. The van der Waals surface area contributed by atoms with Gasteiger partial charge in [0.1, 0.15) is 5.92 Å². The summed E-state index contributed by atoms with van der Waals surface area (Å²) in [7, 11) is 0. The highest BCUT2D eigenvalue weighted by Crippen LogP contribution is 2.23. The monoisotopic (exact) mass is 309 g/mol. The molecule has 0 amide bonds. The summed E-state index contributed by atoms with van der Waals surface area (Å²) in [5.74, 6) is -0.502. The SMILES string of the molecule is O=C1CCCCCCCCCCC2C(=O)ON=C2CCCO1. The van der Waals surface area contributed by atoms with Crippen molar-refractivity contribution in [2.24, 2.45) is 11.1 Å². The maximum atomic E-state index is 11.7. The van der Waals surface area contributed by atoms with Crippen LogP contribution in [0.1, 0.15) is 77.0 Å². The van der Waals surface area contributed by atoms with Gasteiger partial charge in [-0.3, -0.25) is 4.79 Å². The minimum Gasteiger partial charge on any atom is -0.466 e. The van der Waals surface area contributed by atoms with Gasteiger partial charge in [0, 0.05) is 6.42 Å². The van der Waals surface area contributed by atoms with Gasteiger partial charge < -0.3 is 9.57 Å². The Morgan fingerprint density at radius 3 is 2.27 bits per heavy atom. The average Bonchev–Trinajstić information content (AvgIpc) is 2.85. The minimum atomic E-state index is -0.218. The van der Waals surface area contributed by atoms with E-state index in [2.05, 4.69) is 5.16 Å². The van der Waals surface area contributed by atoms with Crippen molar-refractivity contribution in [1.82, 2.24) is 0 Å². The van der Waals surface area contributed by atoms with E-state index in [1.165, 1.54) is 32.1 Å². The van der Waals surface area contributed by atoms with Gasteiger partial charge in [0.05, 0.1) is 12.3 Å². The summed E-state index contributed by atoms with van der Waals surface area (Å²) >= 11 is 0. The lowest BCUT2D eigenvalue weighted by molar-refractivity contribution is -0.144. The van der Waals surface area contributed by atoms with Gasteiger partial charge in [0.15, 0.2) is 0 Å².